The molecule has 4 aliphatic carbocycles. The van der Waals surface area contributed by atoms with Gasteiger partial charge >= 0.3 is 5.63 Å². The number of amides is 1. The number of benzene rings is 1. The first-order valence-corrected chi connectivity index (χ1v) is 10.6. The van der Waals surface area contributed by atoms with Crippen LogP contribution in [0.1, 0.15) is 48.9 Å². The summed E-state index contributed by atoms with van der Waals surface area (Å²) >= 11 is 0. The van der Waals surface area contributed by atoms with Gasteiger partial charge in [-0.25, -0.2) is 4.79 Å². The van der Waals surface area contributed by atoms with Gasteiger partial charge in [0, 0.05) is 11.9 Å². The van der Waals surface area contributed by atoms with Gasteiger partial charge in [0.2, 0.25) is 0 Å². The van der Waals surface area contributed by atoms with Crippen LogP contribution in [0.4, 0.5) is 0 Å². The maximum absolute atomic E-state index is 12.5. The van der Waals surface area contributed by atoms with Crippen molar-refractivity contribution in [2.24, 2.45) is 17.8 Å². The zero-order valence-corrected chi connectivity index (χ0v) is 16.7. The first kappa shape index (κ1) is 18.7. The van der Waals surface area contributed by atoms with Crippen molar-refractivity contribution < 1.29 is 18.7 Å². The van der Waals surface area contributed by atoms with E-state index in [9.17, 15) is 9.59 Å². The lowest BCUT2D eigenvalue weighted by Crippen LogP contribution is -2.52. The molecule has 0 atom stereocenters. The van der Waals surface area contributed by atoms with Gasteiger partial charge in [-0.2, -0.15) is 0 Å². The van der Waals surface area contributed by atoms with Crippen LogP contribution in [0.5, 0.6) is 5.75 Å². The van der Waals surface area contributed by atoms with Crippen molar-refractivity contribution in [3.63, 3.8) is 0 Å². The van der Waals surface area contributed by atoms with Gasteiger partial charge in [0.25, 0.3) is 5.91 Å². The molecule has 4 aliphatic rings. The number of ether oxygens (including phenoxy) is 2. The molecule has 4 saturated carbocycles. The standard InChI is InChI=1S/C23H27NO5/c1-27-19-4-2-3-17-10-18(22(26)29-20(17)19)21(25)24-5-6-28-23-11-14-7-15(12-23)9-16(8-14)13-23/h2-4,10,14-16H,5-9,11-13H2,1H3,(H,24,25). The van der Waals surface area contributed by atoms with E-state index in [1.165, 1.54) is 45.6 Å². The maximum atomic E-state index is 12.5. The predicted octanol–water partition coefficient (Wildman–Crippen LogP) is 3.52. The van der Waals surface area contributed by atoms with Crippen LogP contribution in [0, 0.1) is 17.8 Å². The molecule has 4 bridgehead atoms. The number of nitrogens with one attached hydrogen (secondary N) is 1. The number of rotatable bonds is 6. The minimum atomic E-state index is -0.665. The Morgan fingerprint density at radius 3 is 2.52 bits per heavy atom. The van der Waals surface area contributed by atoms with E-state index in [1.54, 1.807) is 24.3 Å². The normalized spacial score (nSPS) is 29.9. The number of hydrogen-bond donors (Lipinski definition) is 1. The number of fused-ring (bicyclic) bond motifs is 1. The smallest absolute Gasteiger partial charge is 0.349 e. The van der Waals surface area contributed by atoms with Crippen LogP contribution in [0.25, 0.3) is 11.0 Å². The van der Waals surface area contributed by atoms with Gasteiger partial charge in [0.1, 0.15) is 5.56 Å². The van der Waals surface area contributed by atoms with Crippen molar-refractivity contribution in [1.29, 1.82) is 0 Å². The first-order valence-electron chi connectivity index (χ1n) is 10.6. The van der Waals surface area contributed by atoms with Crippen LogP contribution in [-0.4, -0.2) is 31.8 Å². The summed E-state index contributed by atoms with van der Waals surface area (Å²) in [6.45, 7) is 0.862. The fourth-order valence-corrected chi connectivity index (χ4v) is 6.17. The number of para-hydroxylation sites is 1. The second kappa shape index (κ2) is 7.17. The summed E-state index contributed by atoms with van der Waals surface area (Å²) in [5.41, 5.74) is -0.290. The molecule has 1 aromatic heterocycles. The van der Waals surface area contributed by atoms with Gasteiger partial charge in [-0.3, -0.25) is 4.79 Å². The van der Waals surface area contributed by atoms with Gasteiger partial charge in [0.15, 0.2) is 11.3 Å². The lowest BCUT2D eigenvalue weighted by molar-refractivity contribution is -0.160. The Balaban J connectivity index is 1.21. The minimum absolute atomic E-state index is 0.000516. The predicted molar refractivity (Wildman–Crippen MR) is 108 cm³/mol. The SMILES string of the molecule is COc1cccc2cc(C(=O)NCCOC34CC5CC(CC(C5)C3)C4)c(=O)oc12. The third-order valence-corrected chi connectivity index (χ3v) is 6.97. The van der Waals surface area contributed by atoms with E-state index in [0.29, 0.717) is 29.9 Å². The van der Waals surface area contributed by atoms with Crippen molar-refractivity contribution >= 4 is 16.9 Å². The Morgan fingerprint density at radius 1 is 1.17 bits per heavy atom. The van der Waals surface area contributed by atoms with Crippen LogP contribution < -0.4 is 15.7 Å². The molecule has 154 valence electrons. The molecule has 1 N–H and O–H groups in total. The van der Waals surface area contributed by atoms with Crippen LogP contribution >= 0.6 is 0 Å². The van der Waals surface area contributed by atoms with E-state index in [4.69, 9.17) is 13.9 Å². The van der Waals surface area contributed by atoms with Crippen LogP contribution in [0.15, 0.2) is 33.5 Å². The molecule has 0 spiro atoms. The molecular weight excluding hydrogens is 370 g/mol. The Kier molecular flexibility index (Phi) is 4.62. The topological polar surface area (TPSA) is 77.8 Å². The van der Waals surface area contributed by atoms with E-state index in [0.717, 1.165) is 17.8 Å². The van der Waals surface area contributed by atoms with E-state index in [2.05, 4.69) is 5.32 Å². The maximum Gasteiger partial charge on any atom is 0.349 e. The van der Waals surface area contributed by atoms with E-state index < -0.39 is 11.5 Å². The average Bonchev–Trinajstić information content (AvgIpc) is 2.69. The minimum Gasteiger partial charge on any atom is -0.493 e. The highest BCUT2D eigenvalue weighted by Gasteiger charge is 2.51. The number of methoxy groups -OCH3 is 1. The van der Waals surface area contributed by atoms with Crippen molar-refractivity contribution in [1.82, 2.24) is 5.32 Å². The Hall–Kier alpha value is -2.34. The highest BCUT2D eigenvalue weighted by atomic mass is 16.5. The fourth-order valence-electron chi connectivity index (χ4n) is 6.17. The molecule has 0 aliphatic heterocycles. The molecule has 0 unspecified atom stereocenters. The summed E-state index contributed by atoms with van der Waals surface area (Å²) in [5, 5.41) is 3.46. The highest BCUT2D eigenvalue weighted by Crippen LogP contribution is 2.57. The summed E-state index contributed by atoms with van der Waals surface area (Å²) in [4.78, 5) is 24.8. The molecule has 6 rings (SSSR count). The number of carbonyl (C=O) groups is 1. The first-order chi connectivity index (χ1) is 14.0. The summed E-state index contributed by atoms with van der Waals surface area (Å²) in [5.74, 6) is 2.52. The molecular formula is C23H27NO5. The number of hydrogen-bond acceptors (Lipinski definition) is 5. The zero-order chi connectivity index (χ0) is 20.0. The molecule has 1 aromatic carbocycles. The lowest BCUT2D eigenvalue weighted by Gasteiger charge is -2.56. The molecule has 1 heterocycles. The van der Waals surface area contributed by atoms with Gasteiger partial charge in [-0.15, -0.1) is 0 Å². The van der Waals surface area contributed by atoms with Gasteiger partial charge < -0.3 is 19.2 Å². The summed E-state index contributed by atoms with van der Waals surface area (Å²) < 4.78 is 16.9. The molecule has 4 fully saturated rings. The molecule has 2 aromatic rings. The second-order valence-electron chi connectivity index (χ2n) is 9.03. The lowest BCUT2D eigenvalue weighted by atomic mass is 9.54. The van der Waals surface area contributed by atoms with Gasteiger partial charge in [-0.1, -0.05) is 12.1 Å². The molecule has 29 heavy (non-hydrogen) atoms. The average molecular weight is 397 g/mol. The Labute approximate surface area is 169 Å². The third-order valence-electron chi connectivity index (χ3n) is 6.97. The molecule has 6 heteroatoms. The summed E-state index contributed by atoms with van der Waals surface area (Å²) in [6, 6.07) is 6.85. The number of carbonyl (C=O) groups excluding carboxylic acids is 1. The molecule has 1 amide bonds. The Bertz CT molecular complexity index is 959. The quantitative estimate of drug-likeness (QED) is 0.596. The van der Waals surface area contributed by atoms with Crippen molar-refractivity contribution in [2.75, 3.05) is 20.3 Å². The van der Waals surface area contributed by atoms with E-state index >= 15 is 0 Å². The van der Waals surface area contributed by atoms with Crippen molar-refractivity contribution in [3.05, 3.63) is 40.2 Å². The largest absolute Gasteiger partial charge is 0.493 e. The van der Waals surface area contributed by atoms with Gasteiger partial charge in [0.05, 0.1) is 19.3 Å². The highest BCUT2D eigenvalue weighted by molar-refractivity contribution is 5.97. The third kappa shape index (κ3) is 3.44. The molecule has 0 saturated heterocycles. The summed E-state index contributed by atoms with van der Waals surface area (Å²) in [7, 11) is 1.51. The van der Waals surface area contributed by atoms with E-state index in [1.807, 2.05) is 0 Å². The fraction of sp³-hybridized carbons (Fsp3) is 0.565. The monoisotopic (exact) mass is 397 g/mol. The second-order valence-corrected chi connectivity index (χ2v) is 9.03. The van der Waals surface area contributed by atoms with Gasteiger partial charge in [-0.05, 0) is 68.4 Å². The zero-order valence-electron chi connectivity index (χ0n) is 16.7. The summed E-state index contributed by atoms with van der Waals surface area (Å²) in [6.07, 6.45) is 7.64. The molecule has 0 radical (unpaired) electrons. The van der Waals surface area contributed by atoms with Crippen molar-refractivity contribution in [2.45, 2.75) is 44.1 Å². The van der Waals surface area contributed by atoms with Crippen molar-refractivity contribution in [3.8, 4) is 5.75 Å². The van der Waals surface area contributed by atoms with E-state index in [-0.39, 0.29) is 11.2 Å². The van der Waals surface area contributed by atoms with Crippen LogP contribution in [0.2, 0.25) is 0 Å². The molecule has 6 nitrogen and oxygen atoms in total. The van der Waals surface area contributed by atoms with Crippen LogP contribution in [-0.2, 0) is 4.74 Å². The van der Waals surface area contributed by atoms with Crippen LogP contribution in [0.3, 0.4) is 0 Å². The Morgan fingerprint density at radius 2 is 1.86 bits per heavy atom.